The van der Waals surface area contributed by atoms with E-state index in [1.807, 2.05) is 41.3 Å². The van der Waals surface area contributed by atoms with Crippen molar-refractivity contribution < 1.29 is 13.2 Å². The molecule has 0 radical (unpaired) electrons. The predicted molar refractivity (Wildman–Crippen MR) is 123 cm³/mol. The number of halogens is 1. The maximum absolute atomic E-state index is 13.2. The second kappa shape index (κ2) is 8.75. The Morgan fingerprint density at radius 1 is 1.00 bits per heavy atom. The molecule has 1 amide bonds. The topological polar surface area (TPSA) is 57.7 Å². The number of hydrogen-bond donors (Lipinski definition) is 0. The summed E-state index contributed by atoms with van der Waals surface area (Å²) in [7, 11) is -3.51. The van der Waals surface area contributed by atoms with Gasteiger partial charge in [0.1, 0.15) is 0 Å². The van der Waals surface area contributed by atoms with E-state index in [0.29, 0.717) is 43.1 Å². The van der Waals surface area contributed by atoms with Crippen molar-refractivity contribution in [2.24, 2.45) is 0 Å². The Labute approximate surface area is 186 Å². The van der Waals surface area contributed by atoms with Crippen LogP contribution < -0.4 is 0 Å². The molecule has 2 heterocycles. The number of nitrogens with zero attached hydrogens (tertiary/aromatic N) is 2. The number of amides is 1. The molecule has 0 unspecified atom stereocenters. The molecule has 2 aromatic carbocycles. The standard InChI is InChI=1S/C22H23ClN2O3S2/c23-20-9-5-4-8-19(20)21(26)25-15-16-29-22(25)11-13-24(14-12-22)30(27,28)17-10-18-6-2-1-3-7-18/h1-10,17H,11-16H2/b17-10+. The molecule has 2 fully saturated rings. The van der Waals surface area contributed by atoms with E-state index in [9.17, 15) is 13.2 Å². The molecule has 30 heavy (non-hydrogen) atoms. The van der Waals surface area contributed by atoms with E-state index in [-0.39, 0.29) is 10.8 Å². The fraction of sp³-hybridized carbons (Fsp3) is 0.318. The third kappa shape index (κ3) is 4.30. The highest BCUT2D eigenvalue weighted by Crippen LogP contribution is 2.45. The van der Waals surface area contributed by atoms with E-state index in [0.717, 1.165) is 11.3 Å². The molecule has 2 saturated heterocycles. The average molecular weight is 463 g/mol. The molecule has 0 bridgehead atoms. The third-order valence-corrected chi connectivity index (χ3v) is 9.07. The summed E-state index contributed by atoms with van der Waals surface area (Å²) in [5.41, 5.74) is 1.35. The number of benzene rings is 2. The van der Waals surface area contributed by atoms with E-state index in [2.05, 4.69) is 0 Å². The molecule has 0 aromatic heterocycles. The lowest BCUT2D eigenvalue weighted by Crippen LogP contribution is -2.53. The molecule has 2 aliphatic heterocycles. The van der Waals surface area contributed by atoms with Gasteiger partial charge >= 0.3 is 0 Å². The molecular weight excluding hydrogens is 440 g/mol. The molecule has 2 aromatic rings. The molecule has 2 aliphatic rings. The van der Waals surface area contributed by atoms with Crippen molar-refractivity contribution in [3.8, 4) is 0 Å². The van der Waals surface area contributed by atoms with Crippen LogP contribution in [-0.2, 0) is 10.0 Å². The number of piperidine rings is 1. The number of carbonyl (C=O) groups is 1. The normalized spacial score (nSPS) is 19.6. The van der Waals surface area contributed by atoms with Crippen LogP contribution in [0.2, 0.25) is 5.02 Å². The lowest BCUT2D eigenvalue weighted by atomic mass is 10.0. The van der Waals surface area contributed by atoms with E-state index in [4.69, 9.17) is 11.6 Å². The Balaban J connectivity index is 1.47. The molecule has 0 N–H and O–H groups in total. The van der Waals surface area contributed by atoms with Crippen LogP contribution in [0.4, 0.5) is 0 Å². The first-order valence-corrected chi connectivity index (χ1v) is 12.7. The number of hydrogen-bond acceptors (Lipinski definition) is 4. The largest absolute Gasteiger partial charge is 0.323 e. The van der Waals surface area contributed by atoms with Crippen molar-refractivity contribution in [2.45, 2.75) is 17.7 Å². The quantitative estimate of drug-likeness (QED) is 0.678. The van der Waals surface area contributed by atoms with Crippen LogP contribution >= 0.6 is 23.4 Å². The molecule has 0 saturated carbocycles. The number of sulfonamides is 1. The average Bonchev–Trinajstić information content (AvgIpc) is 3.16. The highest BCUT2D eigenvalue weighted by atomic mass is 35.5. The summed E-state index contributed by atoms with van der Waals surface area (Å²) in [6, 6.07) is 16.5. The summed E-state index contributed by atoms with van der Waals surface area (Å²) < 4.78 is 27.1. The first kappa shape index (κ1) is 21.4. The second-order valence-corrected chi connectivity index (χ2v) is 11.1. The summed E-state index contributed by atoms with van der Waals surface area (Å²) in [6.07, 6.45) is 2.83. The molecule has 8 heteroatoms. The SMILES string of the molecule is O=C(c1ccccc1Cl)N1CCSC12CCN(S(=O)(=O)/C=C/c1ccccc1)CC2. The van der Waals surface area contributed by atoms with Gasteiger partial charge in [-0.15, -0.1) is 11.8 Å². The van der Waals surface area contributed by atoms with Crippen molar-refractivity contribution in [1.82, 2.24) is 9.21 Å². The summed E-state index contributed by atoms with van der Waals surface area (Å²) in [5, 5.41) is 1.72. The van der Waals surface area contributed by atoms with Gasteiger partial charge in [-0.2, -0.15) is 4.31 Å². The lowest BCUT2D eigenvalue weighted by Gasteiger charge is -2.43. The second-order valence-electron chi connectivity index (χ2n) is 7.39. The van der Waals surface area contributed by atoms with Crippen LogP contribution in [0.25, 0.3) is 6.08 Å². The molecule has 158 valence electrons. The molecule has 4 rings (SSSR count). The van der Waals surface area contributed by atoms with Crippen LogP contribution in [-0.4, -0.2) is 53.8 Å². The fourth-order valence-corrected chi connectivity index (χ4v) is 6.86. The Bertz CT molecular complexity index is 1050. The number of carbonyl (C=O) groups excluding carboxylic acids is 1. The van der Waals surface area contributed by atoms with Gasteiger partial charge in [-0.1, -0.05) is 54.1 Å². The van der Waals surface area contributed by atoms with Crippen molar-refractivity contribution in [1.29, 1.82) is 0 Å². The summed E-state index contributed by atoms with van der Waals surface area (Å²) in [4.78, 5) is 14.7. The van der Waals surface area contributed by atoms with Crippen LogP contribution in [0.1, 0.15) is 28.8 Å². The molecule has 0 atom stereocenters. The van der Waals surface area contributed by atoms with Crippen LogP contribution in [0.15, 0.2) is 60.0 Å². The van der Waals surface area contributed by atoms with Crippen LogP contribution in [0, 0.1) is 0 Å². The van der Waals surface area contributed by atoms with Gasteiger partial charge in [0.25, 0.3) is 5.91 Å². The minimum Gasteiger partial charge on any atom is -0.323 e. The van der Waals surface area contributed by atoms with Gasteiger partial charge in [0.15, 0.2) is 0 Å². The smallest absolute Gasteiger partial charge is 0.256 e. The lowest BCUT2D eigenvalue weighted by molar-refractivity contribution is 0.0606. The zero-order valence-corrected chi connectivity index (χ0v) is 18.8. The van der Waals surface area contributed by atoms with Gasteiger partial charge < -0.3 is 4.90 Å². The minimum absolute atomic E-state index is 0.0779. The molecular formula is C22H23ClN2O3S2. The van der Waals surface area contributed by atoms with Gasteiger partial charge in [0, 0.05) is 30.8 Å². The van der Waals surface area contributed by atoms with Crippen molar-refractivity contribution in [2.75, 3.05) is 25.4 Å². The van der Waals surface area contributed by atoms with Gasteiger partial charge in [-0.3, -0.25) is 4.79 Å². The molecule has 5 nitrogen and oxygen atoms in total. The monoisotopic (exact) mass is 462 g/mol. The van der Waals surface area contributed by atoms with E-state index in [1.165, 1.54) is 9.71 Å². The first-order chi connectivity index (χ1) is 14.4. The highest BCUT2D eigenvalue weighted by Gasteiger charge is 2.47. The molecule has 1 spiro atoms. The van der Waals surface area contributed by atoms with Crippen molar-refractivity contribution in [3.05, 3.63) is 76.2 Å². The summed E-state index contributed by atoms with van der Waals surface area (Å²) >= 11 is 7.99. The maximum atomic E-state index is 13.2. The Morgan fingerprint density at radius 3 is 2.37 bits per heavy atom. The molecule has 0 aliphatic carbocycles. The van der Waals surface area contributed by atoms with Gasteiger partial charge in [-0.25, -0.2) is 8.42 Å². The fourth-order valence-electron chi connectivity index (χ4n) is 3.99. The summed E-state index contributed by atoms with van der Waals surface area (Å²) in [5.74, 6) is 0.766. The van der Waals surface area contributed by atoms with Gasteiger partial charge in [0.2, 0.25) is 10.0 Å². The Hall–Kier alpha value is -1.80. The van der Waals surface area contributed by atoms with E-state index < -0.39 is 10.0 Å². The van der Waals surface area contributed by atoms with Crippen LogP contribution in [0.3, 0.4) is 0 Å². The minimum atomic E-state index is -3.51. The van der Waals surface area contributed by atoms with E-state index >= 15 is 0 Å². The maximum Gasteiger partial charge on any atom is 0.256 e. The van der Waals surface area contributed by atoms with Crippen molar-refractivity contribution in [3.63, 3.8) is 0 Å². The van der Waals surface area contributed by atoms with Crippen molar-refractivity contribution >= 4 is 45.4 Å². The number of rotatable bonds is 4. The third-order valence-electron chi connectivity index (χ3n) is 5.62. The van der Waals surface area contributed by atoms with Gasteiger partial charge in [0.05, 0.1) is 15.5 Å². The van der Waals surface area contributed by atoms with E-state index in [1.54, 1.807) is 36.0 Å². The highest BCUT2D eigenvalue weighted by molar-refractivity contribution is 8.00. The predicted octanol–water partition coefficient (Wildman–Crippen LogP) is 4.32. The first-order valence-electron chi connectivity index (χ1n) is 9.85. The zero-order valence-electron chi connectivity index (χ0n) is 16.4. The van der Waals surface area contributed by atoms with Crippen LogP contribution in [0.5, 0.6) is 0 Å². The Kier molecular flexibility index (Phi) is 6.25. The zero-order chi connectivity index (χ0) is 21.2. The Morgan fingerprint density at radius 2 is 1.67 bits per heavy atom. The summed E-state index contributed by atoms with van der Waals surface area (Å²) in [6.45, 7) is 1.43. The van der Waals surface area contributed by atoms with Gasteiger partial charge in [-0.05, 0) is 36.6 Å². The number of thioether (sulfide) groups is 1.